The van der Waals surface area contributed by atoms with Crippen LogP contribution in [0.2, 0.25) is 0 Å². The quantitative estimate of drug-likeness (QED) is 0.850. The molecule has 2 atom stereocenters. The van der Waals surface area contributed by atoms with Crippen molar-refractivity contribution in [2.24, 2.45) is 0 Å². The second-order valence-corrected chi connectivity index (χ2v) is 5.86. The molecule has 2 aliphatic rings. The Bertz CT molecular complexity index is 391. The van der Waals surface area contributed by atoms with Crippen molar-refractivity contribution in [1.29, 1.82) is 0 Å². The lowest BCUT2D eigenvalue weighted by molar-refractivity contribution is 0.0498. The molecule has 2 fully saturated rings. The zero-order chi connectivity index (χ0) is 13.1. The Labute approximate surface area is 115 Å². The van der Waals surface area contributed by atoms with Gasteiger partial charge < -0.3 is 15.0 Å². The highest BCUT2D eigenvalue weighted by Crippen LogP contribution is 2.24. The predicted molar refractivity (Wildman–Crippen MR) is 78.6 cm³/mol. The van der Waals surface area contributed by atoms with Gasteiger partial charge in [0.2, 0.25) is 0 Å². The number of hydrogen-bond acceptors (Lipinski definition) is 3. The van der Waals surface area contributed by atoms with Gasteiger partial charge in [0.05, 0.1) is 12.2 Å². The minimum atomic E-state index is 0.385. The molecule has 3 nitrogen and oxygen atoms in total. The summed E-state index contributed by atoms with van der Waals surface area (Å²) in [4.78, 5) is 2.29. The van der Waals surface area contributed by atoms with Gasteiger partial charge in [0, 0.05) is 31.9 Å². The summed E-state index contributed by atoms with van der Waals surface area (Å²) in [6, 6.07) is 11.3. The maximum atomic E-state index is 6.13. The van der Waals surface area contributed by atoms with Crippen LogP contribution in [0.25, 0.3) is 0 Å². The van der Waals surface area contributed by atoms with Crippen LogP contribution in [0.4, 0.5) is 5.69 Å². The number of likely N-dealkylation sites (N-methyl/N-ethyl adjacent to an activating group) is 1. The van der Waals surface area contributed by atoms with E-state index in [-0.39, 0.29) is 0 Å². The molecule has 1 saturated carbocycles. The standard InChI is InChI=1S/C16H24N2O/c1-18(14-5-3-2-4-6-14)12-16-10-9-15(19-16)11-17-13-7-8-13/h2-6,13,15-17H,7-12H2,1H3. The van der Waals surface area contributed by atoms with Crippen LogP contribution in [0.1, 0.15) is 25.7 Å². The summed E-state index contributed by atoms with van der Waals surface area (Å²) in [6.07, 6.45) is 5.91. The fourth-order valence-electron chi connectivity index (χ4n) is 2.74. The molecule has 0 bridgehead atoms. The number of benzene rings is 1. The Hall–Kier alpha value is -1.06. The SMILES string of the molecule is CN(CC1CCC(CNC2CC2)O1)c1ccccc1. The van der Waals surface area contributed by atoms with Gasteiger partial charge in [-0.2, -0.15) is 0 Å². The third-order valence-electron chi connectivity index (χ3n) is 4.08. The van der Waals surface area contributed by atoms with Gasteiger partial charge in [0.15, 0.2) is 0 Å². The molecular weight excluding hydrogens is 236 g/mol. The van der Waals surface area contributed by atoms with Gasteiger partial charge in [-0.25, -0.2) is 0 Å². The number of hydrogen-bond donors (Lipinski definition) is 1. The van der Waals surface area contributed by atoms with E-state index in [0.29, 0.717) is 12.2 Å². The topological polar surface area (TPSA) is 24.5 Å². The van der Waals surface area contributed by atoms with E-state index >= 15 is 0 Å². The lowest BCUT2D eigenvalue weighted by atomic mass is 10.2. The Morgan fingerprint density at radius 3 is 2.58 bits per heavy atom. The van der Waals surface area contributed by atoms with E-state index < -0.39 is 0 Å². The maximum absolute atomic E-state index is 6.13. The summed E-state index contributed by atoms with van der Waals surface area (Å²) in [5.74, 6) is 0. The van der Waals surface area contributed by atoms with E-state index in [4.69, 9.17) is 4.74 Å². The highest BCUT2D eigenvalue weighted by Gasteiger charge is 2.28. The normalized spacial score (nSPS) is 26.6. The molecule has 1 heterocycles. The molecule has 1 aliphatic heterocycles. The van der Waals surface area contributed by atoms with Crippen molar-refractivity contribution < 1.29 is 4.74 Å². The van der Waals surface area contributed by atoms with Crippen molar-refractivity contribution in [3.05, 3.63) is 30.3 Å². The van der Waals surface area contributed by atoms with Crippen molar-refractivity contribution >= 4 is 5.69 Å². The second-order valence-electron chi connectivity index (χ2n) is 5.86. The number of anilines is 1. The van der Waals surface area contributed by atoms with Crippen molar-refractivity contribution in [1.82, 2.24) is 5.32 Å². The lowest BCUT2D eigenvalue weighted by Crippen LogP contribution is -2.32. The molecule has 1 aliphatic carbocycles. The Morgan fingerprint density at radius 1 is 1.11 bits per heavy atom. The molecule has 1 saturated heterocycles. The largest absolute Gasteiger partial charge is 0.372 e. The van der Waals surface area contributed by atoms with Crippen LogP contribution in [0.3, 0.4) is 0 Å². The fourth-order valence-corrected chi connectivity index (χ4v) is 2.74. The van der Waals surface area contributed by atoms with Crippen LogP contribution in [0.15, 0.2) is 30.3 Å². The van der Waals surface area contributed by atoms with Crippen molar-refractivity contribution in [3.8, 4) is 0 Å². The van der Waals surface area contributed by atoms with Gasteiger partial charge in [-0.15, -0.1) is 0 Å². The Morgan fingerprint density at radius 2 is 1.84 bits per heavy atom. The zero-order valence-corrected chi connectivity index (χ0v) is 11.7. The average molecular weight is 260 g/mol. The first kappa shape index (κ1) is 12.9. The predicted octanol–water partition coefficient (Wildman–Crippen LogP) is 2.42. The van der Waals surface area contributed by atoms with Gasteiger partial charge in [-0.3, -0.25) is 0 Å². The number of rotatable bonds is 6. The van der Waals surface area contributed by atoms with Crippen molar-refractivity contribution in [2.45, 2.75) is 43.9 Å². The van der Waals surface area contributed by atoms with Gasteiger partial charge in [0.1, 0.15) is 0 Å². The number of nitrogens with zero attached hydrogens (tertiary/aromatic N) is 1. The fraction of sp³-hybridized carbons (Fsp3) is 0.625. The molecule has 19 heavy (non-hydrogen) atoms. The highest BCUT2D eigenvalue weighted by atomic mass is 16.5. The first-order chi connectivity index (χ1) is 9.31. The average Bonchev–Trinajstić information content (AvgIpc) is 3.17. The zero-order valence-electron chi connectivity index (χ0n) is 11.7. The van der Waals surface area contributed by atoms with Crippen LogP contribution in [-0.4, -0.2) is 38.4 Å². The molecular formula is C16H24N2O. The van der Waals surface area contributed by atoms with Crippen LogP contribution < -0.4 is 10.2 Å². The van der Waals surface area contributed by atoms with Crippen LogP contribution in [-0.2, 0) is 4.74 Å². The molecule has 0 amide bonds. The summed E-state index contributed by atoms with van der Waals surface area (Å²) in [7, 11) is 2.15. The molecule has 3 heteroatoms. The van der Waals surface area contributed by atoms with Gasteiger partial charge in [-0.1, -0.05) is 18.2 Å². The summed E-state index contributed by atoms with van der Waals surface area (Å²) in [5, 5.41) is 3.57. The first-order valence-corrected chi connectivity index (χ1v) is 7.46. The minimum absolute atomic E-state index is 0.385. The molecule has 0 aromatic heterocycles. The number of para-hydroxylation sites is 1. The van der Waals surface area contributed by atoms with Gasteiger partial charge in [0.25, 0.3) is 0 Å². The van der Waals surface area contributed by atoms with E-state index in [0.717, 1.165) is 19.1 Å². The summed E-state index contributed by atoms with van der Waals surface area (Å²) < 4.78 is 6.13. The van der Waals surface area contributed by atoms with Crippen LogP contribution in [0.5, 0.6) is 0 Å². The molecule has 1 aromatic carbocycles. The van der Waals surface area contributed by atoms with E-state index in [1.54, 1.807) is 0 Å². The Kier molecular flexibility index (Phi) is 4.04. The third kappa shape index (κ3) is 3.71. The minimum Gasteiger partial charge on any atom is -0.372 e. The molecule has 2 unspecified atom stereocenters. The molecule has 3 rings (SSSR count). The molecule has 0 radical (unpaired) electrons. The van der Waals surface area contributed by atoms with Crippen LogP contribution >= 0.6 is 0 Å². The Balaban J connectivity index is 1.43. The van der Waals surface area contributed by atoms with Crippen LogP contribution in [0, 0.1) is 0 Å². The van der Waals surface area contributed by atoms with E-state index in [2.05, 4.69) is 47.6 Å². The smallest absolute Gasteiger partial charge is 0.0755 e. The van der Waals surface area contributed by atoms with Crippen molar-refractivity contribution in [3.63, 3.8) is 0 Å². The van der Waals surface area contributed by atoms with Gasteiger partial charge in [-0.05, 0) is 37.8 Å². The molecule has 0 spiro atoms. The monoisotopic (exact) mass is 260 g/mol. The van der Waals surface area contributed by atoms with E-state index in [1.807, 2.05) is 0 Å². The summed E-state index contributed by atoms with van der Waals surface area (Å²) >= 11 is 0. The highest BCUT2D eigenvalue weighted by molar-refractivity contribution is 5.45. The summed E-state index contributed by atoms with van der Waals surface area (Å²) in [6.45, 7) is 2.03. The molecule has 1 N–H and O–H groups in total. The van der Waals surface area contributed by atoms with Crippen molar-refractivity contribution in [2.75, 3.05) is 25.0 Å². The third-order valence-corrected chi connectivity index (χ3v) is 4.08. The first-order valence-electron chi connectivity index (χ1n) is 7.46. The second kappa shape index (κ2) is 5.93. The number of ether oxygens (including phenoxy) is 1. The molecule has 104 valence electrons. The lowest BCUT2D eigenvalue weighted by Gasteiger charge is -2.23. The van der Waals surface area contributed by atoms with Gasteiger partial charge >= 0.3 is 0 Å². The number of nitrogens with one attached hydrogen (secondary N) is 1. The van der Waals surface area contributed by atoms with E-state index in [9.17, 15) is 0 Å². The summed E-state index contributed by atoms with van der Waals surface area (Å²) in [5.41, 5.74) is 1.27. The molecule has 1 aromatic rings. The van der Waals surface area contributed by atoms with E-state index in [1.165, 1.54) is 31.4 Å². The maximum Gasteiger partial charge on any atom is 0.0755 e.